The second-order valence-corrected chi connectivity index (χ2v) is 8.06. The quantitative estimate of drug-likeness (QED) is 0.378. The van der Waals surface area contributed by atoms with E-state index in [1.165, 1.54) is 56.7 Å². The number of nitrogens with zero attached hydrogens (tertiary/aromatic N) is 2. The first-order chi connectivity index (χ1) is 16.8. The van der Waals surface area contributed by atoms with Gasteiger partial charge in [0.1, 0.15) is 16.3 Å². The van der Waals surface area contributed by atoms with Crippen molar-refractivity contribution in [1.82, 2.24) is 19.9 Å². The highest BCUT2D eigenvalue weighted by Gasteiger charge is 2.18. The first-order valence-electron chi connectivity index (χ1n) is 10.0. The zero-order chi connectivity index (χ0) is 25.1. The fourth-order valence-corrected chi connectivity index (χ4v) is 4.19. The second-order valence-electron chi connectivity index (χ2n) is 7.01. The zero-order valence-electron chi connectivity index (χ0n) is 18.3. The van der Waals surface area contributed by atoms with Gasteiger partial charge in [-0.25, -0.2) is 9.36 Å². The average molecular weight is 504 g/mol. The minimum Gasteiger partial charge on any atom is -0.491 e. The molecule has 13 heteroatoms. The number of benzene rings is 1. The highest BCUT2D eigenvalue weighted by molar-refractivity contribution is 7.20. The van der Waals surface area contributed by atoms with Gasteiger partial charge in [-0.15, -0.1) is 11.3 Å². The number of rotatable bonds is 8. The van der Waals surface area contributed by atoms with Crippen LogP contribution in [0, 0.1) is 0 Å². The molecule has 0 spiro atoms. The number of pyridine rings is 1. The second kappa shape index (κ2) is 9.93. The Bertz CT molecular complexity index is 1500. The number of ether oxygens (including phenoxy) is 3. The fraction of sp³-hybridized carbons (Fsp3) is 0.182. The summed E-state index contributed by atoms with van der Waals surface area (Å²) in [6, 6.07) is 10.2. The van der Waals surface area contributed by atoms with Crippen LogP contribution in [0.4, 0.5) is 8.78 Å². The van der Waals surface area contributed by atoms with Crippen LogP contribution in [0.5, 0.6) is 17.4 Å². The number of thiophene rings is 1. The number of carbonyl (C=O) groups is 1. The van der Waals surface area contributed by atoms with E-state index in [0.29, 0.717) is 11.3 Å². The molecule has 3 heterocycles. The molecule has 10 nitrogen and oxygen atoms in total. The Morgan fingerprint density at radius 1 is 1.14 bits per heavy atom. The van der Waals surface area contributed by atoms with Crippen LogP contribution in [0.15, 0.2) is 52.1 Å². The Morgan fingerprint density at radius 3 is 2.54 bits per heavy atom. The van der Waals surface area contributed by atoms with E-state index in [1.807, 2.05) is 0 Å². The molecule has 1 amide bonds. The van der Waals surface area contributed by atoms with E-state index in [2.05, 4.69) is 20.0 Å². The molecule has 1 aromatic carbocycles. The highest BCUT2D eigenvalue weighted by atomic mass is 32.1. The summed E-state index contributed by atoms with van der Waals surface area (Å²) in [6.45, 7) is -2.81. The molecule has 2 N–H and O–H groups in total. The van der Waals surface area contributed by atoms with Crippen molar-refractivity contribution >= 4 is 27.5 Å². The van der Waals surface area contributed by atoms with Crippen molar-refractivity contribution in [1.29, 1.82) is 0 Å². The van der Waals surface area contributed by atoms with E-state index < -0.39 is 23.8 Å². The number of hydrogen-bond donors (Lipinski definition) is 2. The molecule has 35 heavy (non-hydrogen) atoms. The van der Waals surface area contributed by atoms with Crippen molar-refractivity contribution in [3.63, 3.8) is 0 Å². The van der Waals surface area contributed by atoms with Gasteiger partial charge in [0.05, 0.1) is 24.6 Å². The molecule has 3 aromatic heterocycles. The van der Waals surface area contributed by atoms with Crippen molar-refractivity contribution < 1.29 is 27.8 Å². The van der Waals surface area contributed by atoms with Gasteiger partial charge in [0.15, 0.2) is 5.75 Å². The number of aromatic nitrogens is 3. The molecule has 4 aromatic rings. The first-order valence-corrected chi connectivity index (χ1v) is 10.8. The highest BCUT2D eigenvalue weighted by Crippen LogP contribution is 2.25. The van der Waals surface area contributed by atoms with Crippen LogP contribution in [0.25, 0.3) is 16.0 Å². The van der Waals surface area contributed by atoms with Gasteiger partial charge in [-0.3, -0.25) is 9.59 Å². The molecule has 0 saturated heterocycles. The van der Waals surface area contributed by atoms with Crippen LogP contribution < -0.4 is 30.8 Å². The van der Waals surface area contributed by atoms with Gasteiger partial charge in [-0.2, -0.15) is 13.8 Å². The largest absolute Gasteiger partial charge is 0.491 e. The molecule has 4 rings (SSSR count). The molecule has 0 fully saturated rings. The molecule has 0 atom stereocenters. The molecule has 0 aliphatic heterocycles. The van der Waals surface area contributed by atoms with Gasteiger partial charge in [-0.05, 0) is 35.9 Å². The molecule has 182 valence electrons. The summed E-state index contributed by atoms with van der Waals surface area (Å²) in [5.41, 5.74) is -0.531. The number of nitrogens with one attached hydrogen (secondary N) is 2. The van der Waals surface area contributed by atoms with Gasteiger partial charge in [-0.1, -0.05) is 12.1 Å². The standard InChI is InChI=1S/C22H18F2N4O6S/c1-32-14-7-8-16(27-19(14)33-2)28-20(30)17-13(26-22(28)31)9-15(35-17)18(29)25-10-11-3-5-12(6-4-11)34-21(23)24/h3-9,21H,10H2,1-2H3,(H,25,29)(H,26,31). The Morgan fingerprint density at radius 2 is 1.89 bits per heavy atom. The normalized spacial score (nSPS) is 11.0. The van der Waals surface area contributed by atoms with Gasteiger partial charge in [0.25, 0.3) is 17.3 Å². The lowest BCUT2D eigenvalue weighted by molar-refractivity contribution is -0.0498. The molecule has 0 bridgehead atoms. The van der Waals surface area contributed by atoms with E-state index in [0.717, 1.165) is 15.9 Å². The van der Waals surface area contributed by atoms with E-state index in [4.69, 9.17) is 9.47 Å². The van der Waals surface area contributed by atoms with Crippen molar-refractivity contribution in [2.75, 3.05) is 14.2 Å². The lowest BCUT2D eigenvalue weighted by atomic mass is 10.2. The summed E-state index contributed by atoms with van der Waals surface area (Å²) >= 11 is 0.909. The molecule has 0 radical (unpaired) electrons. The third-order valence-corrected chi connectivity index (χ3v) is 5.97. The van der Waals surface area contributed by atoms with Gasteiger partial charge in [0, 0.05) is 6.54 Å². The summed E-state index contributed by atoms with van der Waals surface area (Å²) in [6.07, 6.45) is 0. The average Bonchev–Trinajstić information content (AvgIpc) is 3.27. The number of methoxy groups -OCH3 is 2. The van der Waals surface area contributed by atoms with Crippen LogP contribution in [0.3, 0.4) is 0 Å². The number of halogens is 2. The Hall–Kier alpha value is -4.26. The van der Waals surface area contributed by atoms with E-state index in [-0.39, 0.29) is 39.1 Å². The summed E-state index contributed by atoms with van der Waals surface area (Å²) in [4.78, 5) is 45.3. The van der Waals surface area contributed by atoms with Gasteiger partial charge < -0.3 is 24.5 Å². The molecule has 0 saturated carbocycles. The Kier molecular flexibility index (Phi) is 6.78. The van der Waals surface area contributed by atoms with E-state index in [1.54, 1.807) is 0 Å². The smallest absolute Gasteiger partial charge is 0.387 e. The van der Waals surface area contributed by atoms with Crippen LogP contribution in [-0.4, -0.2) is 41.3 Å². The first kappa shape index (κ1) is 23.9. The van der Waals surface area contributed by atoms with Gasteiger partial charge >= 0.3 is 12.3 Å². The number of H-pyrrole nitrogens is 1. The molecule has 0 aliphatic rings. The van der Waals surface area contributed by atoms with E-state index in [9.17, 15) is 23.2 Å². The molecular weight excluding hydrogens is 486 g/mol. The van der Waals surface area contributed by atoms with E-state index >= 15 is 0 Å². The maximum atomic E-state index is 13.1. The van der Waals surface area contributed by atoms with Crippen molar-refractivity contribution in [3.05, 3.63) is 73.7 Å². The summed E-state index contributed by atoms with van der Waals surface area (Å²) in [7, 11) is 2.81. The minimum absolute atomic E-state index is 0.00351. The zero-order valence-corrected chi connectivity index (χ0v) is 19.2. The number of hydrogen-bond acceptors (Lipinski definition) is 8. The summed E-state index contributed by atoms with van der Waals surface area (Å²) < 4.78 is 40.0. The fourth-order valence-electron chi connectivity index (χ4n) is 3.23. The van der Waals surface area contributed by atoms with Crippen LogP contribution in [0.2, 0.25) is 0 Å². The number of amides is 1. The number of aromatic amines is 1. The topological polar surface area (TPSA) is 125 Å². The number of alkyl halides is 2. The monoisotopic (exact) mass is 504 g/mol. The van der Waals surface area contributed by atoms with Crippen molar-refractivity contribution in [2.24, 2.45) is 0 Å². The van der Waals surface area contributed by atoms with Crippen LogP contribution in [0.1, 0.15) is 15.2 Å². The predicted molar refractivity (Wildman–Crippen MR) is 123 cm³/mol. The lowest BCUT2D eigenvalue weighted by Crippen LogP contribution is -2.33. The van der Waals surface area contributed by atoms with Crippen LogP contribution in [-0.2, 0) is 6.54 Å². The lowest BCUT2D eigenvalue weighted by Gasteiger charge is -2.09. The van der Waals surface area contributed by atoms with Crippen LogP contribution >= 0.6 is 11.3 Å². The maximum absolute atomic E-state index is 13.1. The Labute approximate surface area is 199 Å². The molecular formula is C22H18F2N4O6S. The minimum atomic E-state index is -2.92. The van der Waals surface area contributed by atoms with Crippen molar-refractivity contribution in [2.45, 2.75) is 13.2 Å². The summed E-state index contributed by atoms with van der Waals surface area (Å²) in [5.74, 6) is -0.0297. The molecule has 0 aliphatic carbocycles. The third-order valence-electron chi connectivity index (χ3n) is 4.85. The Balaban J connectivity index is 1.58. The molecule has 0 unspecified atom stereocenters. The predicted octanol–water partition coefficient (Wildman–Crippen LogP) is 2.68. The SMILES string of the molecule is COc1ccc(-n2c(=O)[nH]c3cc(C(=O)NCc4ccc(OC(F)F)cc4)sc3c2=O)nc1OC. The van der Waals surface area contributed by atoms with Gasteiger partial charge in [0.2, 0.25) is 0 Å². The number of carbonyl (C=O) groups excluding carboxylic acids is 1. The maximum Gasteiger partial charge on any atom is 0.387 e. The third kappa shape index (κ3) is 4.99. The van der Waals surface area contributed by atoms with Crippen molar-refractivity contribution in [3.8, 4) is 23.2 Å². The number of fused-ring (bicyclic) bond motifs is 1. The summed E-state index contributed by atoms with van der Waals surface area (Å²) in [5, 5.41) is 2.68.